The quantitative estimate of drug-likeness (QED) is 0.670. The van der Waals surface area contributed by atoms with Crippen molar-refractivity contribution in [3.63, 3.8) is 0 Å². The second kappa shape index (κ2) is 7.40. The van der Waals surface area contributed by atoms with Crippen LogP contribution < -0.4 is 4.90 Å². The van der Waals surface area contributed by atoms with Gasteiger partial charge in [0.1, 0.15) is 5.82 Å². The molecular weight excluding hydrogens is 363 g/mol. The van der Waals surface area contributed by atoms with E-state index in [0.717, 1.165) is 16.3 Å². The molecule has 27 heavy (non-hydrogen) atoms. The van der Waals surface area contributed by atoms with E-state index in [0.29, 0.717) is 37.1 Å². The first-order chi connectivity index (χ1) is 13.1. The second-order valence-corrected chi connectivity index (χ2v) is 7.31. The largest absolute Gasteiger partial charge is 0.311 e. The molecule has 0 saturated heterocycles. The van der Waals surface area contributed by atoms with Crippen LogP contribution in [0.25, 0.3) is 11.3 Å². The lowest BCUT2D eigenvalue weighted by atomic mass is 10.00. The number of nitrogens with zero attached hydrogens (tertiary/aromatic N) is 2. The van der Waals surface area contributed by atoms with Crippen molar-refractivity contribution in [2.24, 2.45) is 0 Å². The second-order valence-electron chi connectivity index (χ2n) is 6.37. The number of aryl methyl sites for hydroxylation is 1. The SMILES string of the molecule is O=C1CCN(C(=O)CCc2nc(-c3ccc(F)cc3)cs2)c2ccccc21. The maximum atomic E-state index is 13.0. The molecule has 2 heterocycles. The van der Waals surface area contributed by atoms with E-state index < -0.39 is 0 Å². The van der Waals surface area contributed by atoms with Crippen LogP contribution in [0.3, 0.4) is 0 Å². The number of halogens is 1. The maximum Gasteiger partial charge on any atom is 0.227 e. The van der Waals surface area contributed by atoms with E-state index in [9.17, 15) is 14.0 Å². The van der Waals surface area contributed by atoms with Crippen molar-refractivity contribution < 1.29 is 14.0 Å². The summed E-state index contributed by atoms with van der Waals surface area (Å²) in [5.74, 6) is -0.202. The van der Waals surface area contributed by atoms with Gasteiger partial charge in [-0.3, -0.25) is 9.59 Å². The minimum Gasteiger partial charge on any atom is -0.311 e. The summed E-state index contributed by atoms with van der Waals surface area (Å²) in [5.41, 5.74) is 2.96. The van der Waals surface area contributed by atoms with Crippen LogP contribution in [-0.2, 0) is 11.2 Å². The predicted molar refractivity (Wildman–Crippen MR) is 104 cm³/mol. The third kappa shape index (κ3) is 3.66. The highest BCUT2D eigenvalue weighted by atomic mass is 32.1. The third-order valence-electron chi connectivity index (χ3n) is 4.60. The Morgan fingerprint density at radius 1 is 1.15 bits per heavy atom. The Bertz CT molecular complexity index is 997. The van der Waals surface area contributed by atoms with Gasteiger partial charge in [-0.1, -0.05) is 12.1 Å². The Kier molecular flexibility index (Phi) is 4.81. The number of benzene rings is 2. The molecule has 1 aliphatic heterocycles. The average Bonchev–Trinajstić information content (AvgIpc) is 3.16. The van der Waals surface area contributed by atoms with E-state index in [4.69, 9.17) is 0 Å². The fourth-order valence-electron chi connectivity index (χ4n) is 3.20. The van der Waals surface area contributed by atoms with Gasteiger partial charge in [0, 0.05) is 42.3 Å². The van der Waals surface area contributed by atoms with E-state index in [2.05, 4.69) is 4.98 Å². The molecule has 4 nitrogen and oxygen atoms in total. The molecule has 2 aromatic carbocycles. The summed E-state index contributed by atoms with van der Waals surface area (Å²) in [5, 5.41) is 2.78. The molecule has 0 N–H and O–H groups in total. The maximum absolute atomic E-state index is 13.0. The number of Topliss-reactive ketones (excluding diaryl/α,β-unsaturated/α-hetero) is 1. The number of ketones is 1. The van der Waals surface area contributed by atoms with E-state index in [1.54, 1.807) is 23.1 Å². The monoisotopic (exact) mass is 380 g/mol. The molecule has 0 spiro atoms. The summed E-state index contributed by atoms with van der Waals surface area (Å²) in [6.07, 6.45) is 1.23. The van der Waals surface area contributed by atoms with Gasteiger partial charge in [0.05, 0.1) is 16.4 Å². The number of rotatable bonds is 4. The predicted octanol–water partition coefficient (Wildman–Crippen LogP) is 4.50. The van der Waals surface area contributed by atoms with E-state index in [-0.39, 0.29) is 17.5 Å². The van der Waals surface area contributed by atoms with E-state index >= 15 is 0 Å². The number of carbonyl (C=O) groups excluding carboxylic acids is 2. The van der Waals surface area contributed by atoms with E-state index in [1.165, 1.54) is 23.5 Å². The summed E-state index contributed by atoms with van der Waals surface area (Å²) in [4.78, 5) is 31.0. The zero-order valence-electron chi connectivity index (χ0n) is 14.5. The molecule has 0 aliphatic carbocycles. The zero-order chi connectivity index (χ0) is 18.8. The molecule has 0 radical (unpaired) electrons. The molecular formula is C21H17FN2O2S. The van der Waals surface area contributed by atoms with Crippen LogP contribution in [0.15, 0.2) is 53.9 Å². The molecule has 0 atom stereocenters. The topological polar surface area (TPSA) is 50.3 Å². The molecule has 4 rings (SSSR count). The van der Waals surface area contributed by atoms with Crippen LogP contribution in [0.1, 0.15) is 28.2 Å². The number of carbonyl (C=O) groups is 2. The first kappa shape index (κ1) is 17.5. The van der Waals surface area contributed by atoms with Crippen LogP contribution in [0.2, 0.25) is 0 Å². The molecule has 1 aliphatic rings. The molecule has 0 fully saturated rings. The summed E-state index contributed by atoms with van der Waals surface area (Å²) >= 11 is 1.49. The first-order valence-electron chi connectivity index (χ1n) is 8.75. The standard InChI is InChI=1S/C21H17FN2O2S/c22-15-7-5-14(6-8-15)17-13-27-20(23-17)9-10-21(26)24-12-11-19(25)16-3-1-2-4-18(16)24/h1-8,13H,9-12H2. The average molecular weight is 380 g/mol. The van der Waals surface area contributed by atoms with Crippen molar-refractivity contribution in [1.82, 2.24) is 4.98 Å². The van der Waals surface area contributed by atoms with Gasteiger partial charge >= 0.3 is 0 Å². The molecule has 1 amide bonds. The van der Waals surface area contributed by atoms with Crippen molar-refractivity contribution in [2.45, 2.75) is 19.3 Å². The molecule has 1 aromatic heterocycles. The summed E-state index contributed by atoms with van der Waals surface area (Å²) in [6, 6.07) is 13.5. The van der Waals surface area contributed by atoms with E-state index in [1.807, 2.05) is 23.6 Å². The number of thiazole rings is 1. The van der Waals surface area contributed by atoms with Gasteiger partial charge in [0.25, 0.3) is 0 Å². The van der Waals surface area contributed by atoms with Gasteiger partial charge in [0.2, 0.25) is 5.91 Å². The van der Waals surface area contributed by atoms with Crippen molar-refractivity contribution in [3.8, 4) is 11.3 Å². The number of hydrogen-bond donors (Lipinski definition) is 0. The summed E-state index contributed by atoms with van der Waals surface area (Å²) < 4.78 is 13.0. The van der Waals surface area contributed by atoms with Gasteiger partial charge in [0.15, 0.2) is 5.78 Å². The highest BCUT2D eigenvalue weighted by Crippen LogP contribution is 2.28. The summed E-state index contributed by atoms with van der Waals surface area (Å²) in [6.45, 7) is 0.424. The number of hydrogen-bond acceptors (Lipinski definition) is 4. The highest BCUT2D eigenvalue weighted by Gasteiger charge is 2.26. The fourth-order valence-corrected chi connectivity index (χ4v) is 4.01. The molecule has 0 saturated carbocycles. The molecule has 0 bridgehead atoms. The van der Waals surface area contributed by atoms with Crippen LogP contribution >= 0.6 is 11.3 Å². The Morgan fingerprint density at radius 3 is 2.74 bits per heavy atom. The third-order valence-corrected chi connectivity index (χ3v) is 5.51. The first-order valence-corrected chi connectivity index (χ1v) is 9.63. The van der Waals surface area contributed by atoms with Crippen molar-refractivity contribution >= 4 is 28.7 Å². The Labute approximate surface area is 160 Å². The minimum atomic E-state index is -0.278. The number of anilines is 1. The van der Waals surface area contributed by atoms with Crippen molar-refractivity contribution in [2.75, 3.05) is 11.4 Å². The normalized spacial score (nSPS) is 13.5. The Morgan fingerprint density at radius 2 is 1.93 bits per heavy atom. The molecule has 0 unspecified atom stereocenters. The van der Waals surface area contributed by atoms with Gasteiger partial charge in [-0.2, -0.15) is 0 Å². The van der Waals surface area contributed by atoms with Crippen LogP contribution in [0, 0.1) is 5.82 Å². The fraction of sp³-hybridized carbons (Fsp3) is 0.190. The number of aromatic nitrogens is 1. The van der Waals surface area contributed by atoms with Gasteiger partial charge in [-0.05, 0) is 36.4 Å². The minimum absolute atomic E-state index is 0.00604. The molecule has 6 heteroatoms. The number of fused-ring (bicyclic) bond motifs is 1. The van der Waals surface area contributed by atoms with Gasteiger partial charge < -0.3 is 4.90 Å². The molecule has 136 valence electrons. The molecule has 3 aromatic rings. The van der Waals surface area contributed by atoms with Crippen LogP contribution in [0.4, 0.5) is 10.1 Å². The summed E-state index contributed by atoms with van der Waals surface area (Å²) in [7, 11) is 0. The Hall–Kier alpha value is -2.86. The van der Waals surface area contributed by atoms with Crippen LogP contribution in [0.5, 0.6) is 0 Å². The lowest BCUT2D eigenvalue weighted by Gasteiger charge is -2.28. The Balaban J connectivity index is 1.44. The lowest BCUT2D eigenvalue weighted by molar-refractivity contribution is -0.118. The van der Waals surface area contributed by atoms with Crippen molar-refractivity contribution in [3.05, 3.63) is 70.3 Å². The zero-order valence-corrected chi connectivity index (χ0v) is 15.3. The van der Waals surface area contributed by atoms with Gasteiger partial charge in [-0.25, -0.2) is 9.37 Å². The number of amides is 1. The van der Waals surface area contributed by atoms with Crippen molar-refractivity contribution in [1.29, 1.82) is 0 Å². The van der Waals surface area contributed by atoms with Crippen LogP contribution in [-0.4, -0.2) is 23.2 Å². The number of para-hydroxylation sites is 1. The van der Waals surface area contributed by atoms with Gasteiger partial charge in [-0.15, -0.1) is 11.3 Å². The highest BCUT2D eigenvalue weighted by molar-refractivity contribution is 7.09. The lowest BCUT2D eigenvalue weighted by Crippen LogP contribution is -2.37. The smallest absolute Gasteiger partial charge is 0.227 e.